The molecule has 2 atom stereocenters. The maximum Gasteiger partial charge on any atom is 0.0663 e. The lowest BCUT2D eigenvalue weighted by atomic mass is 9.69. The van der Waals surface area contributed by atoms with Crippen LogP contribution in [0, 0.1) is 41.5 Å². The van der Waals surface area contributed by atoms with Crippen LogP contribution in [-0.2, 0) is 11.1 Å². The van der Waals surface area contributed by atoms with Gasteiger partial charge in [-0.05, 0) is 142 Å². The first kappa shape index (κ1) is 20.7. The molecule has 0 amide bonds. The number of unbranched alkanes of at least 4 members (excludes halogenated alkanes) is 1. The maximum absolute atomic E-state index is 2.84. The van der Waals surface area contributed by atoms with Crippen LogP contribution in [0.1, 0.15) is 92.0 Å². The predicted octanol–water partition coefficient (Wildman–Crippen LogP) is 7.59. The molecule has 0 aromatic heterocycles. The highest BCUT2D eigenvalue weighted by Gasteiger charge is 2.62. The predicted molar refractivity (Wildman–Crippen MR) is 127 cm³/mol. The highest BCUT2D eigenvalue weighted by atomic mass is 15.3. The summed E-state index contributed by atoms with van der Waals surface area (Å²) >= 11 is 0. The number of fused-ring (bicyclic) bond motifs is 6. The SMILES string of the molecule is CCCCN1[C@@]2(C)C(C)=C(C)[C@@]1(C)c1c2c(C)c2c(C)c(C)c(C)c(C)c2c1C. The van der Waals surface area contributed by atoms with E-state index in [-0.39, 0.29) is 11.1 Å². The molecule has 4 rings (SSSR count). The van der Waals surface area contributed by atoms with E-state index in [2.05, 4.69) is 81.1 Å². The topological polar surface area (TPSA) is 3.24 Å². The lowest BCUT2D eigenvalue weighted by molar-refractivity contribution is 0.0886. The number of hydrogen-bond acceptors (Lipinski definition) is 1. The lowest BCUT2D eigenvalue weighted by Crippen LogP contribution is -2.44. The Morgan fingerprint density at radius 2 is 0.966 bits per heavy atom. The Hall–Kier alpha value is -1.60. The largest absolute Gasteiger partial charge is 0.277 e. The minimum Gasteiger partial charge on any atom is -0.277 e. The summed E-state index contributed by atoms with van der Waals surface area (Å²) < 4.78 is 0. The highest BCUT2D eigenvalue weighted by Crippen LogP contribution is 2.65. The van der Waals surface area contributed by atoms with Crippen LogP contribution in [-0.4, -0.2) is 11.4 Å². The highest BCUT2D eigenvalue weighted by molar-refractivity contribution is 5.99. The number of hydrogen-bond donors (Lipinski definition) is 0. The monoisotopic (exact) mass is 389 g/mol. The van der Waals surface area contributed by atoms with Gasteiger partial charge in [-0.25, -0.2) is 0 Å². The average Bonchev–Trinajstić information content (AvgIpc) is 2.97. The van der Waals surface area contributed by atoms with E-state index < -0.39 is 0 Å². The van der Waals surface area contributed by atoms with E-state index in [1.165, 1.54) is 57.0 Å². The van der Waals surface area contributed by atoms with Crippen molar-refractivity contribution in [2.45, 2.75) is 100 Å². The molecule has 0 spiro atoms. The molecule has 0 saturated heterocycles. The Labute approximate surface area is 178 Å². The summed E-state index contributed by atoms with van der Waals surface area (Å²) in [5, 5.41) is 3.03. The van der Waals surface area contributed by atoms with Crippen LogP contribution < -0.4 is 0 Å². The third-order valence-electron chi connectivity index (χ3n) is 9.25. The van der Waals surface area contributed by atoms with Crippen molar-refractivity contribution < 1.29 is 0 Å². The van der Waals surface area contributed by atoms with Crippen LogP contribution in [0.4, 0.5) is 0 Å². The number of rotatable bonds is 3. The fourth-order valence-electron chi connectivity index (χ4n) is 7.08. The van der Waals surface area contributed by atoms with E-state index in [9.17, 15) is 0 Å². The zero-order valence-corrected chi connectivity index (χ0v) is 20.6. The van der Waals surface area contributed by atoms with E-state index >= 15 is 0 Å². The van der Waals surface area contributed by atoms with Crippen molar-refractivity contribution in [3.8, 4) is 0 Å². The van der Waals surface area contributed by atoms with Gasteiger partial charge < -0.3 is 0 Å². The first-order chi connectivity index (χ1) is 13.5. The summed E-state index contributed by atoms with van der Waals surface area (Å²) in [5.74, 6) is 0. The summed E-state index contributed by atoms with van der Waals surface area (Å²) in [5.41, 5.74) is 15.3. The smallest absolute Gasteiger partial charge is 0.0663 e. The Balaban J connectivity index is 2.21. The molecule has 1 heteroatoms. The van der Waals surface area contributed by atoms with E-state index in [0.29, 0.717) is 0 Å². The molecular weight excluding hydrogens is 350 g/mol. The quantitative estimate of drug-likeness (QED) is 0.489. The number of benzene rings is 2. The van der Waals surface area contributed by atoms with Crippen molar-refractivity contribution in [2.24, 2.45) is 0 Å². The molecule has 0 unspecified atom stereocenters. The second-order valence-corrected chi connectivity index (χ2v) is 10.1. The fourth-order valence-corrected chi connectivity index (χ4v) is 7.08. The van der Waals surface area contributed by atoms with Gasteiger partial charge in [0.25, 0.3) is 0 Å². The van der Waals surface area contributed by atoms with E-state index in [1.54, 1.807) is 22.3 Å². The van der Waals surface area contributed by atoms with Gasteiger partial charge >= 0.3 is 0 Å². The molecule has 29 heavy (non-hydrogen) atoms. The van der Waals surface area contributed by atoms with Gasteiger partial charge in [-0.2, -0.15) is 0 Å². The van der Waals surface area contributed by atoms with Crippen molar-refractivity contribution in [1.82, 2.24) is 4.90 Å². The molecule has 0 N–H and O–H groups in total. The molecule has 2 aromatic rings. The second-order valence-electron chi connectivity index (χ2n) is 10.1. The van der Waals surface area contributed by atoms with E-state index in [0.717, 1.165) is 6.54 Å². The third kappa shape index (κ3) is 2.11. The second kappa shape index (κ2) is 6.20. The lowest BCUT2D eigenvalue weighted by Gasteiger charge is -2.38. The van der Waals surface area contributed by atoms with Gasteiger partial charge in [0.1, 0.15) is 0 Å². The van der Waals surface area contributed by atoms with Gasteiger partial charge in [0.2, 0.25) is 0 Å². The van der Waals surface area contributed by atoms with E-state index in [1.807, 2.05) is 0 Å². The van der Waals surface area contributed by atoms with Crippen molar-refractivity contribution in [2.75, 3.05) is 6.54 Å². The van der Waals surface area contributed by atoms with Gasteiger partial charge in [0.05, 0.1) is 11.1 Å². The Bertz CT molecular complexity index is 1020. The molecule has 2 aromatic carbocycles. The zero-order valence-electron chi connectivity index (χ0n) is 20.6. The molecule has 0 fully saturated rings. The van der Waals surface area contributed by atoms with Gasteiger partial charge in [0.15, 0.2) is 0 Å². The third-order valence-corrected chi connectivity index (χ3v) is 9.25. The minimum absolute atomic E-state index is 0.0194. The average molecular weight is 390 g/mol. The Morgan fingerprint density at radius 3 is 1.31 bits per heavy atom. The van der Waals surface area contributed by atoms with Crippen LogP contribution >= 0.6 is 0 Å². The molecular formula is C28H39N. The molecule has 0 saturated carbocycles. The van der Waals surface area contributed by atoms with Crippen molar-refractivity contribution in [1.29, 1.82) is 0 Å². The van der Waals surface area contributed by atoms with Crippen LogP contribution in [0.15, 0.2) is 11.1 Å². The molecule has 1 nitrogen and oxygen atoms in total. The van der Waals surface area contributed by atoms with Gasteiger partial charge in [-0.1, -0.05) is 13.3 Å². The summed E-state index contributed by atoms with van der Waals surface area (Å²) in [6, 6.07) is 0. The summed E-state index contributed by atoms with van der Waals surface area (Å²) in [7, 11) is 0. The van der Waals surface area contributed by atoms with Crippen molar-refractivity contribution in [3.63, 3.8) is 0 Å². The van der Waals surface area contributed by atoms with Crippen LogP contribution in [0.25, 0.3) is 10.8 Å². The molecule has 2 heterocycles. The van der Waals surface area contributed by atoms with Crippen molar-refractivity contribution >= 4 is 10.8 Å². The van der Waals surface area contributed by atoms with Gasteiger partial charge in [-0.15, -0.1) is 0 Å². The normalized spacial score (nSPS) is 26.2. The first-order valence-electron chi connectivity index (χ1n) is 11.5. The number of nitrogens with zero attached hydrogens (tertiary/aromatic N) is 1. The summed E-state index contributed by atoms with van der Waals surface area (Å²) in [6.45, 7) is 27.3. The summed E-state index contributed by atoms with van der Waals surface area (Å²) in [4.78, 5) is 2.84. The standard InChI is InChI=1S/C28H39N/c1-12-13-14-29-27(10)21(8)22(9)28(29,11)26-20(7)24-18(5)16(3)15(2)17(4)23(24)19(6)25(26)27/h12-14H2,1-11H3/t27-,28-/m0/s1. The molecule has 2 aliphatic heterocycles. The first-order valence-corrected chi connectivity index (χ1v) is 11.5. The van der Waals surface area contributed by atoms with Crippen LogP contribution in [0.5, 0.6) is 0 Å². The summed E-state index contributed by atoms with van der Waals surface area (Å²) in [6.07, 6.45) is 2.50. The molecule has 2 aliphatic rings. The molecule has 0 aliphatic carbocycles. The minimum atomic E-state index is 0.0194. The van der Waals surface area contributed by atoms with Gasteiger partial charge in [0, 0.05) is 6.54 Å². The van der Waals surface area contributed by atoms with E-state index in [4.69, 9.17) is 0 Å². The molecule has 156 valence electrons. The molecule has 0 radical (unpaired) electrons. The van der Waals surface area contributed by atoms with Gasteiger partial charge in [-0.3, -0.25) is 4.90 Å². The Kier molecular flexibility index (Phi) is 4.42. The van der Waals surface area contributed by atoms with Crippen LogP contribution in [0.3, 0.4) is 0 Å². The maximum atomic E-state index is 2.84. The zero-order chi connectivity index (χ0) is 21.6. The molecule has 2 bridgehead atoms. The fraction of sp³-hybridized carbons (Fsp3) is 0.571. The Morgan fingerprint density at radius 1 is 0.586 bits per heavy atom. The number of aryl methyl sites for hydroxylation is 4. The van der Waals surface area contributed by atoms with Crippen LogP contribution in [0.2, 0.25) is 0 Å². The van der Waals surface area contributed by atoms with Crippen molar-refractivity contribution in [3.05, 3.63) is 55.7 Å².